The van der Waals surface area contributed by atoms with E-state index in [1.807, 2.05) is 16.8 Å². The van der Waals surface area contributed by atoms with E-state index in [2.05, 4.69) is 58.7 Å². The summed E-state index contributed by atoms with van der Waals surface area (Å²) in [5.74, 6) is 0.659. The van der Waals surface area contributed by atoms with Crippen LogP contribution in [0.1, 0.15) is 31.0 Å². The fourth-order valence-corrected chi connectivity index (χ4v) is 3.36. The van der Waals surface area contributed by atoms with Gasteiger partial charge in [-0.25, -0.2) is 4.68 Å². The topological polar surface area (TPSA) is 62.1 Å². The Bertz CT molecular complexity index is 674. The zero-order chi connectivity index (χ0) is 17.1. The van der Waals surface area contributed by atoms with Crippen molar-refractivity contribution >= 4 is 28.3 Å². The quantitative estimate of drug-likeness (QED) is 0.661. The molecule has 2 heterocycles. The SMILES string of the molecule is CC(C)c1nn(-c2ccc(Br)cc2)cc1CNCC1CNCC1O.Cl. The molecule has 3 rings (SSSR count). The predicted octanol–water partition coefficient (Wildman–Crippen LogP) is 2.85. The molecule has 1 aromatic carbocycles. The number of rotatable bonds is 6. The third-order valence-electron chi connectivity index (χ3n) is 4.49. The molecule has 0 saturated carbocycles. The van der Waals surface area contributed by atoms with Crippen molar-refractivity contribution in [3.63, 3.8) is 0 Å². The molecule has 0 bridgehead atoms. The summed E-state index contributed by atoms with van der Waals surface area (Å²) in [6, 6.07) is 8.16. The second-order valence-corrected chi connectivity index (χ2v) is 7.65. The van der Waals surface area contributed by atoms with E-state index in [1.165, 1.54) is 5.56 Å². The van der Waals surface area contributed by atoms with Gasteiger partial charge in [0, 0.05) is 48.3 Å². The van der Waals surface area contributed by atoms with Crippen LogP contribution in [-0.2, 0) is 6.54 Å². The summed E-state index contributed by atoms with van der Waals surface area (Å²) < 4.78 is 3.01. The molecule has 0 spiro atoms. The second kappa shape index (κ2) is 9.14. The van der Waals surface area contributed by atoms with Crippen molar-refractivity contribution in [2.45, 2.75) is 32.4 Å². The molecule has 1 aliphatic heterocycles. The van der Waals surface area contributed by atoms with Crippen LogP contribution in [0.15, 0.2) is 34.9 Å². The molecule has 0 aliphatic carbocycles. The molecule has 7 heteroatoms. The number of aromatic nitrogens is 2. The van der Waals surface area contributed by atoms with Crippen LogP contribution in [0.4, 0.5) is 0 Å². The van der Waals surface area contributed by atoms with Gasteiger partial charge in [0.15, 0.2) is 0 Å². The Morgan fingerprint density at radius 1 is 1.32 bits per heavy atom. The molecule has 5 nitrogen and oxygen atoms in total. The first kappa shape index (κ1) is 20.4. The van der Waals surface area contributed by atoms with Crippen LogP contribution in [0.2, 0.25) is 0 Å². The summed E-state index contributed by atoms with van der Waals surface area (Å²) in [5, 5.41) is 21.4. The molecule has 2 atom stereocenters. The van der Waals surface area contributed by atoms with Gasteiger partial charge in [0.1, 0.15) is 0 Å². The van der Waals surface area contributed by atoms with Crippen molar-refractivity contribution in [1.82, 2.24) is 20.4 Å². The Morgan fingerprint density at radius 2 is 2.04 bits per heavy atom. The monoisotopic (exact) mass is 428 g/mol. The van der Waals surface area contributed by atoms with Crippen LogP contribution in [0.5, 0.6) is 0 Å². The lowest BCUT2D eigenvalue weighted by Gasteiger charge is -2.14. The average Bonchev–Trinajstić information content (AvgIpc) is 3.15. The third-order valence-corrected chi connectivity index (χ3v) is 5.02. The Labute approximate surface area is 163 Å². The lowest BCUT2D eigenvalue weighted by molar-refractivity contribution is 0.146. The number of benzene rings is 1. The summed E-state index contributed by atoms with van der Waals surface area (Å²) in [5.41, 5.74) is 3.39. The average molecular weight is 430 g/mol. The van der Waals surface area contributed by atoms with Gasteiger partial charge in [-0.05, 0) is 30.2 Å². The van der Waals surface area contributed by atoms with Crippen LogP contribution in [0, 0.1) is 5.92 Å². The van der Waals surface area contributed by atoms with Gasteiger partial charge in [-0.3, -0.25) is 0 Å². The summed E-state index contributed by atoms with van der Waals surface area (Å²) in [6.45, 7) is 7.50. The van der Waals surface area contributed by atoms with Gasteiger partial charge in [0.25, 0.3) is 0 Å². The van der Waals surface area contributed by atoms with Crippen LogP contribution in [0.3, 0.4) is 0 Å². The van der Waals surface area contributed by atoms with E-state index in [9.17, 15) is 5.11 Å². The number of hydrogen-bond acceptors (Lipinski definition) is 4. The molecule has 3 N–H and O–H groups in total. The number of aliphatic hydroxyl groups excluding tert-OH is 1. The summed E-state index contributed by atoms with van der Waals surface area (Å²) in [7, 11) is 0. The highest BCUT2D eigenvalue weighted by Crippen LogP contribution is 2.21. The van der Waals surface area contributed by atoms with E-state index in [0.29, 0.717) is 12.5 Å². The molecule has 2 unspecified atom stereocenters. The van der Waals surface area contributed by atoms with Crippen molar-refractivity contribution in [3.8, 4) is 5.69 Å². The van der Waals surface area contributed by atoms with Crippen molar-refractivity contribution in [2.75, 3.05) is 19.6 Å². The minimum Gasteiger partial charge on any atom is -0.391 e. The first-order valence-corrected chi connectivity index (χ1v) is 9.27. The van der Waals surface area contributed by atoms with Crippen LogP contribution < -0.4 is 10.6 Å². The maximum Gasteiger partial charge on any atom is 0.0716 e. The third kappa shape index (κ3) is 5.05. The first-order chi connectivity index (χ1) is 11.5. The molecular formula is C18H26BrClN4O. The van der Waals surface area contributed by atoms with Gasteiger partial charge in [-0.1, -0.05) is 29.8 Å². The first-order valence-electron chi connectivity index (χ1n) is 8.48. The van der Waals surface area contributed by atoms with E-state index in [-0.39, 0.29) is 24.4 Å². The number of halogens is 2. The van der Waals surface area contributed by atoms with Gasteiger partial charge in [-0.2, -0.15) is 5.10 Å². The maximum absolute atomic E-state index is 9.88. The Hall–Kier alpha value is -0.920. The van der Waals surface area contributed by atoms with Crippen molar-refractivity contribution in [2.24, 2.45) is 5.92 Å². The van der Waals surface area contributed by atoms with E-state index in [1.54, 1.807) is 0 Å². The molecule has 2 aromatic rings. The number of nitrogens with one attached hydrogen (secondary N) is 2. The minimum absolute atomic E-state index is 0. The van der Waals surface area contributed by atoms with Crippen molar-refractivity contribution in [3.05, 3.63) is 46.2 Å². The Morgan fingerprint density at radius 3 is 2.64 bits per heavy atom. The van der Waals surface area contributed by atoms with Gasteiger partial charge < -0.3 is 15.7 Å². The molecule has 25 heavy (non-hydrogen) atoms. The highest BCUT2D eigenvalue weighted by Gasteiger charge is 2.24. The Balaban J connectivity index is 0.00000225. The fraction of sp³-hybridized carbons (Fsp3) is 0.500. The number of β-amino-alcohol motifs (C(OH)–C–C–N with tert-alkyl or cyclic N) is 1. The molecule has 0 radical (unpaired) electrons. The minimum atomic E-state index is -0.243. The molecule has 0 amide bonds. The largest absolute Gasteiger partial charge is 0.391 e. The van der Waals surface area contributed by atoms with Crippen molar-refractivity contribution < 1.29 is 5.11 Å². The maximum atomic E-state index is 9.88. The Kier molecular flexibility index (Phi) is 7.46. The lowest BCUT2D eigenvalue weighted by atomic mass is 10.0. The van der Waals surface area contributed by atoms with Gasteiger partial charge in [0.05, 0.1) is 17.5 Å². The fourth-order valence-electron chi connectivity index (χ4n) is 3.09. The van der Waals surface area contributed by atoms with Crippen LogP contribution in [-0.4, -0.2) is 40.6 Å². The molecule has 138 valence electrons. The molecule has 1 aromatic heterocycles. The zero-order valence-electron chi connectivity index (χ0n) is 14.6. The van der Waals surface area contributed by atoms with Crippen molar-refractivity contribution in [1.29, 1.82) is 0 Å². The standard InChI is InChI=1S/C18H25BrN4O.ClH/c1-12(2)18-14(9-20-7-13-8-21-10-17(13)24)11-23(22-18)16-5-3-15(19)4-6-16;/h3-6,11-13,17,20-21,24H,7-10H2,1-2H3;1H. The summed E-state index contributed by atoms with van der Waals surface area (Å²) >= 11 is 3.47. The predicted molar refractivity (Wildman–Crippen MR) is 107 cm³/mol. The summed E-state index contributed by atoms with van der Waals surface area (Å²) in [4.78, 5) is 0. The number of hydrogen-bond donors (Lipinski definition) is 3. The number of aliphatic hydroxyl groups is 1. The van der Waals surface area contributed by atoms with E-state index in [0.717, 1.165) is 35.5 Å². The van der Waals surface area contributed by atoms with Crippen LogP contribution >= 0.6 is 28.3 Å². The second-order valence-electron chi connectivity index (χ2n) is 6.73. The highest BCUT2D eigenvalue weighted by atomic mass is 79.9. The normalized spacial score (nSPS) is 20.0. The molecule has 1 aliphatic rings. The van der Waals surface area contributed by atoms with E-state index >= 15 is 0 Å². The van der Waals surface area contributed by atoms with Gasteiger partial charge >= 0.3 is 0 Å². The zero-order valence-corrected chi connectivity index (χ0v) is 17.0. The molecule has 1 fully saturated rings. The lowest BCUT2D eigenvalue weighted by Crippen LogP contribution is -2.30. The molecular weight excluding hydrogens is 404 g/mol. The van der Waals surface area contributed by atoms with Crippen LogP contribution in [0.25, 0.3) is 5.69 Å². The number of nitrogens with zero attached hydrogens (tertiary/aromatic N) is 2. The smallest absolute Gasteiger partial charge is 0.0716 e. The van der Waals surface area contributed by atoms with Gasteiger partial charge in [-0.15, -0.1) is 12.4 Å². The van der Waals surface area contributed by atoms with E-state index < -0.39 is 0 Å². The van der Waals surface area contributed by atoms with E-state index in [4.69, 9.17) is 5.10 Å². The molecule has 1 saturated heterocycles. The summed E-state index contributed by atoms with van der Waals surface area (Å²) in [6.07, 6.45) is 1.86. The highest BCUT2D eigenvalue weighted by molar-refractivity contribution is 9.10. The van der Waals surface area contributed by atoms with Gasteiger partial charge in [0.2, 0.25) is 0 Å².